The standard InChI is InChI=1S/C23H32N2O5S/c1-23(2)20(22(27)28)25-13-18(21(25)31-23)24-19(26)11-10-16-8-9-17(30-16)12-14-4-6-15(29-3)7-5-14/h4-7,16-18,20-21H,8-13H2,1-3H3,(H,24,26)(H,27,28)/t16?,17?,18-,20?,21-/m1/s1. The van der Waals surface area contributed by atoms with Gasteiger partial charge < -0.3 is 19.9 Å². The van der Waals surface area contributed by atoms with Crippen LogP contribution < -0.4 is 10.1 Å². The Morgan fingerprint density at radius 2 is 1.97 bits per heavy atom. The molecule has 31 heavy (non-hydrogen) atoms. The summed E-state index contributed by atoms with van der Waals surface area (Å²) in [4.78, 5) is 26.1. The van der Waals surface area contributed by atoms with Gasteiger partial charge in [0.25, 0.3) is 0 Å². The number of amides is 1. The number of aliphatic carboxylic acids is 1. The minimum atomic E-state index is -0.785. The monoisotopic (exact) mass is 448 g/mol. The van der Waals surface area contributed by atoms with Crippen molar-refractivity contribution in [2.75, 3.05) is 13.7 Å². The van der Waals surface area contributed by atoms with E-state index in [2.05, 4.69) is 17.4 Å². The van der Waals surface area contributed by atoms with E-state index in [-0.39, 0.29) is 34.3 Å². The quantitative estimate of drug-likeness (QED) is 0.632. The summed E-state index contributed by atoms with van der Waals surface area (Å²) in [6, 6.07) is 7.61. The van der Waals surface area contributed by atoms with Gasteiger partial charge in [-0.25, -0.2) is 0 Å². The summed E-state index contributed by atoms with van der Waals surface area (Å²) in [5, 5.41) is 12.7. The first-order valence-corrected chi connectivity index (χ1v) is 11.9. The molecule has 5 atom stereocenters. The van der Waals surface area contributed by atoms with Crippen LogP contribution in [0.25, 0.3) is 0 Å². The average molecular weight is 449 g/mol. The number of rotatable bonds is 8. The van der Waals surface area contributed by atoms with Crippen molar-refractivity contribution < 1.29 is 24.2 Å². The zero-order valence-electron chi connectivity index (χ0n) is 18.4. The predicted octanol–water partition coefficient (Wildman–Crippen LogP) is 2.67. The van der Waals surface area contributed by atoms with Crippen molar-refractivity contribution in [2.24, 2.45) is 0 Å². The minimum absolute atomic E-state index is 0.0217. The molecule has 0 bridgehead atoms. The van der Waals surface area contributed by atoms with E-state index in [0.29, 0.717) is 13.0 Å². The zero-order valence-corrected chi connectivity index (χ0v) is 19.2. The largest absolute Gasteiger partial charge is 0.497 e. The van der Waals surface area contributed by atoms with E-state index in [1.807, 2.05) is 30.9 Å². The Morgan fingerprint density at radius 1 is 1.26 bits per heavy atom. The lowest BCUT2D eigenvalue weighted by Crippen LogP contribution is -2.66. The van der Waals surface area contributed by atoms with Gasteiger partial charge in [0, 0.05) is 17.7 Å². The van der Waals surface area contributed by atoms with Crippen LogP contribution in [0.2, 0.25) is 0 Å². The molecule has 3 fully saturated rings. The number of carbonyl (C=O) groups is 2. The number of ether oxygens (including phenoxy) is 2. The molecule has 3 aliphatic rings. The second-order valence-electron chi connectivity index (χ2n) is 9.27. The summed E-state index contributed by atoms with van der Waals surface area (Å²) in [5.74, 6) is 0.101. The summed E-state index contributed by atoms with van der Waals surface area (Å²) >= 11 is 1.65. The van der Waals surface area contributed by atoms with Crippen LogP contribution in [0.5, 0.6) is 5.75 Å². The van der Waals surface area contributed by atoms with Gasteiger partial charge in [0.2, 0.25) is 5.91 Å². The first-order chi connectivity index (χ1) is 14.8. The van der Waals surface area contributed by atoms with Crippen LogP contribution in [-0.4, -0.2) is 69.9 Å². The molecule has 0 spiro atoms. The predicted molar refractivity (Wildman–Crippen MR) is 119 cm³/mol. The molecule has 4 rings (SSSR count). The van der Waals surface area contributed by atoms with Gasteiger partial charge in [0.1, 0.15) is 11.8 Å². The highest BCUT2D eigenvalue weighted by Gasteiger charge is 2.59. The fourth-order valence-electron chi connectivity index (χ4n) is 4.99. The van der Waals surface area contributed by atoms with E-state index in [9.17, 15) is 14.7 Å². The average Bonchev–Trinajstić information content (AvgIpc) is 3.25. The Kier molecular flexibility index (Phi) is 6.51. The lowest BCUT2D eigenvalue weighted by Gasteiger charge is -2.44. The van der Waals surface area contributed by atoms with Gasteiger partial charge >= 0.3 is 5.97 Å². The molecular formula is C23H32N2O5S. The third-order valence-electron chi connectivity index (χ3n) is 6.58. The van der Waals surface area contributed by atoms with Gasteiger partial charge in [-0.15, -0.1) is 11.8 Å². The molecule has 3 saturated heterocycles. The van der Waals surface area contributed by atoms with Crippen LogP contribution in [0.3, 0.4) is 0 Å². The van der Waals surface area contributed by atoms with Crippen molar-refractivity contribution in [3.05, 3.63) is 29.8 Å². The summed E-state index contributed by atoms with van der Waals surface area (Å²) in [6.45, 7) is 4.54. The Labute approximate surface area is 187 Å². The normalized spacial score (nSPS) is 31.6. The number of methoxy groups -OCH3 is 1. The number of hydrogen-bond donors (Lipinski definition) is 2. The Balaban J connectivity index is 1.18. The Morgan fingerprint density at radius 3 is 2.65 bits per heavy atom. The molecule has 1 aromatic rings. The lowest BCUT2D eigenvalue weighted by atomic mass is 9.96. The molecule has 1 aromatic carbocycles. The molecule has 0 saturated carbocycles. The number of fused-ring (bicyclic) bond motifs is 1. The summed E-state index contributed by atoms with van der Waals surface area (Å²) in [6.07, 6.45) is 4.37. The van der Waals surface area contributed by atoms with Crippen LogP contribution >= 0.6 is 11.8 Å². The maximum atomic E-state index is 12.5. The highest BCUT2D eigenvalue weighted by Crippen LogP contribution is 2.50. The van der Waals surface area contributed by atoms with Gasteiger partial charge in [-0.3, -0.25) is 14.5 Å². The van der Waals surface area contributed by atoms with Crippen molar-refractivity contribution in [1.29, 1.82) is 0 Å². The Bertz CT molecular complexity index is 815. The molecule has 1 amide bonds. The second-order valence-corrected chi connectivity index (χ2v) is 11.0. The van der Waals surface area contributed by atoms with Crippen molar-refractivity contribution in [3.63, 3.8) is 0 Å². The molecule has 0 aromatic heterocycles. The number of nitrogens with zero attached hydrogens (tertiary/aromatic N) is 1. The van der Waals surface area contributed by atoms with Crippen LogP contribution in [0.4, 0.5) is 0 Å². The molecule has 0 aliphatic carbocycles. The summed E-state index contributed by atoms with van der Waals surface area (Å²) in [7, 11) is 1.66. The van der Waals surface area contributed by atoms with Crippen molar-refractivity contribution in [1.82, 2.24) is 10.2 Å². The topological polar surface area (TPSA) is 88.1 Å². The minimum Gasteiger partial charge on any atom is -0.497 e. The number of nitrogens with one attached hydrogen (secondary N) is 1. The lowest BCUT2D eigenvalue weighted by molar-refractivity contribution is -0.146. The highest BCUT2D eigenvalue weighted by atomic mass is 32.2. The van der Waals surface area contributed by atoms with Crippen LogP contribution in [0, 0.1) is 0 Å². The number of hydrogen-bond acceptors (Lipinski definition) is 6. The fraction of sp³-hybridized carbons (Fsp3) is 0.652. The van der Waals surface area contributed by atoms with Crippen LogP contribution in [0.1, 0.15) is 45.1 Å². The molecule has 170 valence electrons. The smallest absolute Gasteiger partial charge is 0.322 e. The van der Waals surface area contributed by atoms with Gasteiger partial charge in [-0.2, -0.15) is 0 Å². The van der Waals surface area contributed by atoms with Crippen molar-refractivity contribution in [3.8, 4) is 5.75 Å². The molecule has 3 heterocycles. The van der Waals surface area contributed by atoms with Gasteiger partial charge in [-0.05, 0) is 57.2 Å². The first kappa shape index (κ1) is 22.4. The molecule has 7 nitrogen and oxygen atoms in total. The van der Waals surface area contributed by atoms with E-state index >= 15 is 0 Å². The molecule has 2 N–H and O–H groups in total. The van der Waals surface area contributed by atoms with Crippen molar-refractivity contribution >= 4 is 23.6 Å². The maximum absolute atomic E-state index is 12.5. The molecule has 3 aliphatic heterocycles. The molecule has 3 unspecified atom stereocenters. The van der Waals surface area contributed by atoms with Crippen LogP contribution in [-0.2, 0) is 20.7 Å². The summed E-state index contributed by atoms with van der Waals surface area (Å²) in [5.41, 5.74) is 1.23. The molecule has 0 radical (unpaired) electrons. The number of carboxylic acids is 1. The van der Waals surface area contributed by atoms with E-state index in [1.54, 1.807) is 18.9 Å². The number of carboxylic acid groups (broad SMARTS) is 1. The first-order valence-electron chi connectivity index (χ1n) is 11.0. The second kappa shape index (κ2) is 9.00. The van der Waals surface area contributed by atoms with E-state index < -0.39 is 12.0 Å². The number of benzene rings is 1. The van der Waals surface area contributed by atoms with Gasteiger partial charge in [0.05, 0.1) is 30.7 Å². The molecular weight excluding hydrogens is 416 g/mol. The third kappa shape index (κ3) is 4.86. The number of thioether (sulfide) groups is 1. The van der Waals surface area contributed by atoms with Crippen LogP contribution in [0.15, 0.2) is 24.3 Å². The number of carbonyl (C=O) groups excluding carboxylic acids is 1. The third-order valence-corrected chi connectivity index (χ3v) is 8.26. The van der Waals surface area contributed by atoms with Crippen molar-refractivity contribution in [2.45, 2.75) is 80.4 Å². The van der Waals surface area contributed by atoms with Gasteiger partial charge in [0.15, 0.2) is 0 Å². The molecule has 8 heteroatoms. The maximum Gasteiger partial charge on any atom is 0.322 e. The fourth-order valence-corrected chi connectivity index (χ4v) is 6.63. The summed E-state index contributed by atoms with van der Waals surface area (Å²) < 4.78 is 11.0. The Hall–Kier alpha value is -1.77. The van der Waals surface area contributed by atoms with E-state index in [0.717, 1.165) is 31.4 Å². The van der Waals surface area contributed by atoms with E-state index in [4.69, 9.17) is 9.47 Å². The zero-order chi connectivity index (χ0) is 22.2. The van der Waals surface area contributed by atoms with E-state index in [1.165, 1.54) is 5.56 Å². The van der Waals surface area contributed by atoms with Gasteiger partial charge in [-0.1, -0.05) is 12.1 Å². The SMILES string of the molecule is COc1ccc(CC2CCC(CCC(=O)N[C@@H]3CN4C(C(=O)O)C(C)(C)S[C@H]34)O2)cc1. The highest BCUT2D eigenvalue weighted by molar-refractivity contribution is 8.01.